The van der Waals surface area contributed by atoms with Crippen LogP contribution in [0.2, 0.25) is 0 Å². The maximum atomic E-state index is 5.45. The van der Waals surface area contributed by atoms with Crippen LogP contribution in [0, 0.1) is 20.8 Å². The Bertz CT molecular complexity index is 810. The minimum Gasteiger partial charge on any atom is -0.492 e. The van der Waals surface area contributed by atoms with Gasteiger partial charge in [-0.15, -0.1) is 0 Å². The first-order valence-electron chi connectivity index (χ1n) is 7.85. The third-order valence-corrected chi connectivity index (χ3v) is 4.24. The number of aryl methyl sites for hydroxylation is 3. The van der Waals surface area contributed by atoms with Crippen LogP contribution in [0.3, 0.4) is 0 Å². The highest BCUT2D eigenvalue weighted by Crippen LogP contribution is 2.21. The molecule has 118 valence electrons. The van der Waals surface area contributed by atoms with Crippen molar-refractivity contribution < 1.29 is 9.30 Å². The number of ether oxygens (including phenoxy) is 1. The summed E-state index contributed by atoms with van der Waals surface area (Å²) >= 11 is 0. The molecule has 0 aliphatic carbocycles. The van der Waals surface area contributed by atoms with Crippen LogP contribution < -0.4 is 9.30 Å². The molecule has 3 rings (SSSR count). The molecule has 3 heteroatoms. The lowest BCUT2D eigenvalue weighted by Crippen LogP contribution is -2.32. The first-order chi connectivity index (χ1) is 11.1. The van der Waals surface area contributed by atoms with Gasteiger partial charge in [0.05, 0.1) is 7.11 Å². The summed E-state index contributed by atoms with van der Waals surface area (Å²) in [5.41, 5.74) is 6.45. The molecule has 0 aliphatic rings. The predicted octanol–water partition coefficient (Wildman–Crippen LogP) is 3.75. The van der Waals surface area contributed by atoms with Crippen molar-refractivity contribution in [1.82, 2.24) is 4.57 Å². The summed E-state index contributed by atoms with van der Waals surface area (Å²) in [6.07, 6.45) is 6.28. The number of rotatable bonds is 4. The molecule has 3 nitrogen and oxygen atoms in total. The van der Waals surface area contributed by atoms with Crippen LogP contribution in [-0.4, -0.2) is 11.7 Å². The zero-order chi connectivity index (χ0) is 16.4. The fourth-order valence-corrected chi connectivity index (χ4v) is 3.12. The molecular weight excluding hydrogens is 284 g/mol. The van der Waals surface area contributed by atoms with Crippen molar-refractivity contribution in [2.75, 3.05) is 7.11 Å². The van der Waals surface area contributed by atoms with E-state index in [0.717, 1.165) is 18.0 Å². The van der Waals surface area contributed by atoms with Crippen LogP contribution in [0.5, 0.6) is 5.75 Å². The molecule has 0 radical (unpaired) electrons. The minimum atomic E-state index is 0.873. The lowest BCUT2D eigenvalue weighted by molar-refractivity contribution is -0.687. The highest BCUT2D eigenvalue weighted by molar-refractivity contribution is 5.46. The number of aromatic nitrogens is 2. The van der Waals surface area contributed by atoms with Gasteiger partial charge in [0.1, 0.15) is 18.9 Å². The van der Waals surface area contributed by atoms with Gasteiger partial charge in [0.2, 0.25) is 6.33 Å². The van der Waals surface area contributed by atoms with Gasteiger partial charge in [-0.1, -0.05) is 29.8 Å². The number of nitrogens with zero attached hydrogens (tertiary/aromatic N) is 2. The van der Waals surface area contributed by atoms with Crippen molar-refractivity contribution >= 4 is 0 Å². The molecule has 0 atom stereocenters. The van der Waals surface area contributed by atoms with Crippen LogP contribution in [0.1, 0.15) is 22.3 Å². The van der Waals surface area contributed by atoms with E-state index in [2.05, 4.69) is 66.8 Å². The van der Waals surface area contributed by atoms with Crippen molar-refractivity contribution in [3.05, 3.63) is 77.4 Å². The molecule has 0 fully saturated rings. The lowest BCUT2D eigenvalue weighted by atomic mass is 10.00. The summed E-state index contributed by atoms with van der Waals surface area (Å²) in [6, 6.07) is 12.6. The monoisotopic (exact) mass is 307 g/mol. The normalized spacial score (nSPS) is 10.8. The number of methoxy groups -OCH3 is 1. The Balaban J connectivity index is 1.91. The van der Waals surface area contributed by atoms with Crippen LogP contribution in [-0.2, 0) is 6.54 Å². The molecule has 0 saturated heterocycles. The Kier molecular flexibility index (Phi) is 4.20. The van der Waals surface area contributed by atoms with Crippen LogP contribution in [0.4, 0.5) is 0 Å². The standard InChI is InChI=1S/C20H23N2O/c1-15-11-16(2)18(17(3)12-15)13-21-9-10-22(14-21)19-7-5-6-8-20(19)23-4/h5-12,14H,13H2,1-4H3/q+1. The molecule has 3 aromatic rings. The first-order valence-corrected chi connectivity index (χ1v) is 7.85. The average Bonchev–Trinajstić information content (AvgIpc) is 2.99. The van der Waals surface area contributed by atoms with Crippen molar-refractivity contribution in [2.45, 2.75) is 27.3 Å². The van der Waals surface area contributed by atoms with Gasteiger partial charge in [0, 0.05) is 0 Å². The molecule has 1 aromatic heterocycles. The first kappa shape index (κ1) is 15.3. The summed E-state index contributed by atoms with van der Waals surface area (Å²) in [5.74, 6) is 0.873. The third kappa shape index (κ3) is 3.14. The molecule has 1 heterocycles. The Labute approximate surface area is 137 Å². The molecule has 0 spiro atoms. The summed E-state index contributed by atoms with van der Waals surface area (Å²) in [6.45, 7) is 7.40. The van der Waals surface area contributed by atoms with Crippen LogP contribution >= 0.6 is 0 Å². The van der Waals surface area contributed by atoms with Crippen molar-refractivity contribution in [1.29, 1.82) is 0 Å². The zero-order valence-electron chi connectivity index (χ0n) is 14.2. The third-order valence-electron chi connectivity index (χ3n) is 4.24. The zero-order valence-corrected chi connectivity index (χ0v) is 14.2. The van der Waals surface area contributed by atoms with Gasteiger partial charge in [0.15, 0.2) is 11.4 Å². The predicted molar refractivity (Wildman–Crippen MR) is 92.3 cm³/mol. The number of para-hydroxylation sites is 2. The van der Waals surface area contributed by atoms with E-state index in [1.54, 1.807) is 7.11 Å². The summed E-state index contributed by atoms with van der Waals surface area (Å²) in [7, 11) is 1.70. The van der Waals surface area contributed by atoms with Crippen molar-refractivity contribution in [3.63, 3.8) is 0 Å². The molecule has 0 amide bonds. The highest BCUT2D eigenvalue weighted by atomic mass is 16.5. The Morgan fingerprint density at radius 3 is 2.43 bits per heavy atom. The quantitative estimate of drug-likeness (QED) is 0.671. The largest absolute Gasteiger partial charge is 0.492 e. The Morgan fingerprint density at radius 2 is 1.74 bits per heavy atom. The molecule has 2 aromatic carbocycles. The fourth-order valence-electron chi connectivity index (χ4n) is 3.12. The molecule has 0 unspecified atom stereocenters. The molecule has 0 saturated carbocycles. The Morgan fingerprint density at radius 1 is 1.04 bits per heavy atom. The maximum absolute atomic E-state index is 5.45. The van der Waals surface area contributed by atoms with E-state index in [1.165, 1.54) is 22.3 Å². The minimum absolute atomic E-state index is 0.873. The second kappa shape index (κ2) is 6.29. The van der Waals surface area contributed by atoms with E-state index in [4.69, 9.17) is 4.74 Å². The van der Waals surface area contributed by atoms with Gasteiger partial charge in [-0.25, -0.2) is 4.57 Å². The van der Waals surface area contributed by atoms with Gasteiger partial charge < -0.3 is 4.74 Å². The molecular formula is C20H23N2O+. The number of benzene rings is 2. The Hall–Kier alpha value is -2.55. The SMILES string of the molecule is COc1ccccc1-n1cc[n+](Cc2c(C)cc(C)cc2C)c1. The van der Waals surface area contributed by atoms with E-state index in [1.807, 2.05) is 18.2 Å². The molecule has 0 N–H and O–H groups in total. The van der Waals surface area contributed by atoms with Crippen LogP contribution in [0.15, 0.2) is 55.1 Å². The highest BCUT2D eigenvalue weighted by Gasteiger charge is 2.13. The second-order valence-electron chi connectivity index (χ2n) is 6.04. The number of hydrogen-bond donors (Lipinski definition) is 0. The average molecular weight is 307 g/mol. The number of imidazole rings is 1. The summed E-state index contributed by atoms with van der Waals surface area (Å²) < 4.78 is 9.75. The van der Waals surface area contributed by atoms with E-state index >= 15 is 0 Å². The smallest absolute Gasteiger partial charge is 0.249 e. The van der Waals surface area contributed by atoms with Gasteiger partial charge in [-0.2, -0.15) is 4.57 Å². The number of hydrogen-bond acceptors (Lipinski definition) is 1. The van der Waals surface area contributed by atoms with Gasteiger partial charge in [-0.05, 0) is 49.6 Å². The summed E-state index contributed by atoms with van der Waals surface area (Å²) in [4.78, 5) is 0. The van der Waals surface area contributed by atoms with E-state index in [0.29, 0.717) is 0 Å². The molecule has 0 aliphatic heterocycles. The van der Waals surface area contributed by atoms with E-state index < -0.39 is 0 Å². The molecule has 0 bridgehead atoms. The lowest BCUT2D eigenvalue weighted by Gasteiger charge is -2.09. The fraction of sp³-hybridized carbons (Fsp3) is 0.250. The van der Waals surface area contributed by atoms with Crippen molar-refractivity contribution in [2.24, 2.45) is 0 Å². The second-order valence-corrected chi connectivity index (χ2v) is 6.04. The van der Waals surface area contributed by atoms with Crippen molar-refractivity contribution in [3.8, 4) is 11.4 Å². The molecule has 23 heavy (non-hydrogen) atoms. The van der Waals surface area contributed by atoms with Gasteiger partial charge in [0.25, 0.3) is 0 Å². The topological polar surface area (TPSA) is 18.0 Å². The van der Waals surface area contributed by atoms with Crippen LogP contribution in [0.25, 0.3) is 5.69 Å². The summed E-state index contributed by atoms with van der Waals surface area (Å²) in [5, 5.41) is 0. The van der Waals surface area contributed by atoms with Gasteiger partial charge >= 0.3 is 0 Å². The van der Waals surface area contributed by atoms with E-state index in [9.17, 15) is 0 Å². The van der Waals surface area contributed by atoms with Gasteiger partial charge in [-0.3, -0.25) is 0 Å². The maximum Gasteiger partial charge on any atom is 0.249 e. The van der Waals surface area contributed by atoms with E-state index in [-0.39, 0.29) is 0 Å².